The third-order valence-electron chi connectivity index (χ3n) is 4.20. The minimum absolute atomic E-state index is 0.0257. The van der Waals surface area contributed by atoms with E-state index in [-0.39, 0.29) is 11.4 Å². The Morgan fingerprint density at radius 3 is 2.83 bits per heavy atom. The molecule has 0 aromatic carbocycles. The number of carbonyl (C=O) groups excluding carboxylic acids is 1. The van der Waals surface area contributed by atoms with Crippen molar-refractivity contribution < 1.29 is 14.3 Å². The number of piperidine rings is 1. The van der Waals surface area contributed by atoms with Crippen LogP contribution in [0.2, 0.25) is 0 Å². The molecule has 4 heteroatoms. The second-order valence-electron chi connectivity index (χ2n) is 5.61. The predicted molar refractivity (Wildman–Crippen MR) is 69.3 cm³/mol. The van der Waals surface area contributed by atoms with Gasteiger partial charge < -0.3 is 14.8 Å². The third-order valence-corrected chi connectivity index (χ3v) is 4.20. The van der Waals surface area contributed by atoms with Crippen molar-refractivity contribution in [2.24, 2.45) is 11.3 Å². The standard InChI is InChI=1S/C14H25NO3/c1-2-4-14(5-7-15-8-6-14)13(16)18-11-12-3-9-17-10-12/h12,15H,2-11H2,1H3. The first-order valence-electron chi connectivity index (χ1n) is 7.22. The Morgan fingerprint density at radius 2 is 2.22 bits per heavy atom. The normalized spacial score (nSPS) is 27.1. The SMILES string of the molecule is CCCC1(C(=O)OCC2CCOC2)CCNCC1. The Labute approximate surface area is 109 Å². The lowest BCUT2D eigenvalue weighted by atomic mass is 9.75. The van der Waals surface area contributed by atoms with Gasteiger partial charge in [-0.05, 0) is 38.8 Å². The van der Waals surface area contributed by atoms with E-state index in [1.807, 2.05) is 0 Å². The van der Waals surface area contributed by atoms with Crippen molar-refractivity contribution in [1.29, 1.82) is 0 Å². The first-order chi connectivity index (χ1) is 8.77. The van der Waals surface area contributed by atoms with Gasteiger partial charge in [-0.3, -0.25) is 4.79 Å². The van der Waals surface area contributed by atoms with Crippen LogP contribution in [0.4, 0.5) is 0 Å². The van der Waals surface area contributed by atoms with Crippen molar-refractivity contribution in [3.8, 4) is 0 Å². The van der Waals surface area contributed by atoms with E-state index in [1.54, 1.807) is 0 Å². The van der Waals surface area contributed by atoms with Crippen molar-refractivity contribution >= 4 is 5.97 Å². The molecule has 1 unspecified atom stereocenters. The van der Waals surface area contributed by atoms with Crippen molar-refractivity contribution in [3.63, 3.8) is 0 Å². The summed E-state index contributed by atoms with van der Waals surface area (Å²) in [6.45, 7) is 6.10. The molecule has 2 rings (SSSR count). The molecular formula is C14H25NO3. The highest BCUT2D eigenvalue weighted by atomic mass is 16.5. The summed E-state index contributed by atoms with van der Waals surface area (Å²) in [6, 6.07) is 0. The zero-order valence-electron chi connectivity index (χ0n) is 11.4. The number of carbonyl (C=O) groups is 1. The van der Waals surface area contributed by atoms with Crippen LogP contribution in [0, 0.1) is 11.3 Å². The van der Waals surface area contributed by atoms with Crippen molar-refractivity contribution in [1.82, 2.24) is 5.32 Å². The van der Waals surface area contributed by atoms with Gasteiger partial charge in [-0.15, -0.1) is 0 Å². The first kappa shape index (κ1) is 13.8. The van der Waals surface area contributed by atoms with E-state index in [4.69, 9.17) is 9.47 Å². The van der Waals surface area contributed by atoms with E-state index in [0.717, 1.165) is 58.4 Å². The monoisotopic (exact) mass is 255 g/mol. The average molecular weight is 255 g/mol. The molecule has 2 aliphatic heterocycles. The van der Waals surface area contributed by atoms with E-state index < -0.39 is 0 Å². The molecule has 104 valence electrons. The van der Waals surface area contributed by atoms with Crippen molar-refractivity contribution in [2.45, 2.75) is 39.0 Å². The van der Waals surface area contributed by atoms with Gasteiger partial charge in [0.1, 0.15) is 0 Å². The molecule has 2 saturated heterocycles. The summed E-state index contributed by atoms with van der Waals surface area (Å²) in [7, 11) is 0. The maximum atomic E-state index is 12.4. The number of ether oxygens (including phenoxy) is 2. The van der Waals surface area contributed by atoms with Crippen LogP contribution in [-0.4, -0.2) is 38.9 Å². The van der Waals surface area contributed by atoms with Crippen LogP contribution >= 0.6 is 0 Å². The van der Waals surface area contributed by atoms with Crippen LogP contribution < -0.4 is 5.32 Å². The van der Waals surface area contributed by atoms with Gasteiger partial charge >= 0.3 is 5.97 Å². The van der Waals surface area contributed by atoms with Crippen LogP contribution in [0.15, 0.2) is 0 Å². The summed E-state index contributed by atoms with van der Waals surface area (Å²) in [4.78, 5) is 12.4. The minimum Gasteiger partial charge on any atom is -0.465 e. The number of esters is 1. The summed E-state index contributed by atoms with van der Waals surface area (Å²) in [6.07, 6.45) is 4.85. The largest absolute Gasteiger partial charge is 0.465 e. The molecule has 0 aromatic heterocycles. The van der Waals surface area contributed by atoms with Gasteiger partial charge in [0, 0.05) is 12.5 Å². The Morgan fingerprint density at radius 1 is 1.44 bits per heavy atom. The first-order valence-corrected chi connectivity index (χ1v) is 7.22. The zero-order chi connectivity index (χ0) is 12.8. The Hall–Kier alpha value is -0.610. The van der Waals surface area contributed by atoms with Crippen LogP contribution in [0.3, 0.4) is 0 Å². The average Bonchev–Trinajstić information content (AvgIpc) is 2.90. The Balaban J connectivity index is 1.86. The van der Waals surface area contributed by atoms with E-state index in [0.29, 0.717) is 12.5 Å². The summed E-state index contributed by atoms with van der Waals surface area (Å²) in [5, 5.41) is 3.32. The van der Waals surface area contributed by atoms with E-state index >= 15 is 0 Å². The fraction of sp³-hybridized carbons (Fsp3) is 0.929. The topological polar surface area (TPSA) is 47.6 Å². The van der Waals surface area contributed by atoms with Gasteiger partial charge in [-0.25, -0.2) is 0 Å². The highest BCUT2D eigenvalue weighted by Crippen LogP contribution is 2.35. The molecule has 0 amide bonds. The number of rotatable bonds is 5. The molecule has 2 heterocycles. The summed E-state index contributed by atoms with van der Waals surface area (Å²) >= 11 is 0. The molecule has 1 N–H and O–H groups in total. The summed E-state index contributed by atoms with van der Waals surface area (Å²) in [5.74, 6) is 0.437. The van der Waals surface area contributed by atoms with E-state index in [2.05, 4.69) is 12.2 Å². The van der Waals surface area contributed by atoms with Gasteiger partial charge in [0.05, 0.1) is 18.6 Å². The number of nitrogens with one attached hydrogen (secondary N) is 1. The molecule has 0 bridgehead atoms. The number of hydrogen-bond acceptors (Lipinski definition) is 4. The van der Waals surface area contributed by atoms with Crippen LogP contribution in [-0.2, 0) is 14.3 Å². The fourth-order valence-corrected chi connectivity index (χ4v) is 3.00. The molecule has 1 atom stereocenters. The smallest absolute Gasteiger partial charge is 0.312 e. The van der Waals surface area contributed by atoms with Gasteiger partial charge in [-0.2, -0.15) is 0 Å². The quantitative estimate of drug-likeness (QED) is 0.760. The van der Waals surface area contributed by atoms with Crippen LogP contribution in [0.25, 0.3) is 0 Å². The molecule has 18 heavy (non-hydrogen) atoms. The van der Waals surface area contributed by atoms with Crippen LogP contribution in [0.1, 0.15) is 39.0 Å². The fourth-order valence-electron chi connectivity index (χ4n) is 3.00. The zero-order valence-corrected chi connectivity index (χ0v) is 11.4. The molecule has 0 saturated carbocycles. The lowest BCUT2D eigenvalue weighted by Gasteiger charge is -2.35. The second-order valence-corrected chi connectivity index (χ2v) is 5.61. The highest BCUT2D eigenvalue weighted by molar-refractivity contribution is 5.77. The molecule has 0 aliphatic carbocycles. The Kier molecular flexibility index (Phi) is 5.01. The van der Waals surface area contributed by atoms with Gasteiger partial charge in [-0.1, -0.05) is 13.3 Å². The molecule has 0 spiro atoms. The predicted octanol–water partition coefficient (Wildman–Crippen LogP) is 1.74. The third kappa shape index (κ3) is 3.23. The highest BCUT2D eigenvalue weighted by Gasteiger charge is 2.40. The molecule has 0 aromatic rings. The van der Waals surface area contributed by atoms with Gasteiger partial charge in [0.2, 0.25) is 0 Å². The van der Waals surface area contributed by atoms with Gasteiger partial charge in [0.25, 0.3) is 0 Å². The summed E-state index contributed by atoms with van der Waals surface area (Å²) < 4.78 is 10.9. The summed E-state index contributed by atoms with van der Waals surface area (Å²) in [5.41, 5.74) is -0.223. The molecule has 4 nitrogen and oxygen atoms in total. The molecular weight excluding hydrogens is 230 g/mol. The lowest BCUT2D eigenvalue weighted by molar-refractivity contribution is -0.159. The Bertz CT molecular complexity index is 263. The van der Waals surface area contributed by atoms with E-state index in [1.165, 1.54) is 0 Å². The number of hydrogen-bond donors (Lipinski definition) is 1. The molecule has 2 aliphatic rings. The maximum absolute atomic E-state index is 12.4. The lowest BCUT2D eigenvalue weighted by Crippen LogP contribution is -2.43. The molecule has 0 radical (unpaired) electrons. The van der Waals surface area contributed by atoms with Crippen molar-refractivity contribution in [3.05, 3.63) is 0 Å². The minimum atomic E-state index is -0.223. The van der Waals surface area contributed by atoms with Crippen LogP contribution in [0.5, 0.6) is 0 Å². The maximum Gasteiger partial charge on any atom is 0.312 e. The van der Waals surface area contributed by atoms with Gasteiger partial charge in [0.15, 0.2) is 0 Å². The molecule has 2 fully saturated rings. The van der Waals surface area contributed by atoms with Crippen molar-refractivity contribution in [2.75, 3.05) is 32.9 Å². The second kappa shape index (κ2) is 6.53. The van der Waals surface area contributed by atoms with E-state index in [9.17, 15) is 4.79 Å².